The highest BCUT2D eigenvalue weighted by atomic mass is 32.1. The molecule has 2 rings (SSSR count). The fraction of sp³-hybridized carbons (Fsp3) is 0.471. The van der Waals surface area contributed by atoms with Gasteiger partial charge in [-0.15, -0.1) is 0 Å². The van der Waals surface area contributed by atoms with Gasteiger partial charge in [0.1, 0.15) is 12.2 Å². The fourth-order valence-corrected chi connectivity index (χ4v) is 2.68. The van der Waals surface area contributed by atoms with Crippen LogP contribution in [0.3, 0.4) is 0 Å². The van der Waals surface area contributed by atoms with Crippen molar-refractivity contribution in [3.05, 3.63) is 46.0 Å². The summed E-state index contributed by atoms with van der Waals surface area (Å²) in [5, 5.41) is 4.47. The van der Waals surface area contributed by atoms with Gasteiger partial charge in [-0.3, -0.25) is 9.69 Å². The van der Waals surface area contributed by atoms with Crippen LogP contribution in [0.1, 0.15) is 23.9 Å². The molecule has 0 radical (unpaired) electrons. The Bertz CT molecular complexity index is 766. The molecule has 0 aliphatic rings. The Kier molecular flexibility index (Phi) is 6.28. The highest BCUT2D eigenvalue weighted by Crippen LogP contribution is 2.10. The number of hydrogen-bond acceptors (Lipinski definition) is 5. The molecule has 7 heteroatoms. The Morgan fingerprint density at radius 2 is 2.08 bits per heavy atom. The summed E-state index contributed by atoms with van der Waals surface area (Å²) in [7, 11) is 3.84. The average Bonchev–Trinajstić information content (AvgIpc) is 2.78. The molecule has 0 saturated carbocycles. The first kappa shape index (κ1) is 18.4. The number of nitrogens with zero attached hydrogens (tertiary/aromatic N) is 4. The van der Waals surface area contributed by atoms with Crippen molar-refractivity contribution in [2.45, 2.75) is 33.5 Å². The molecule has 130 valence electrons. The largest absolute Gasteiger partial charge is 0.466 e. The van der Waals surface area contributed by atoms with Gasteiger partial charge in [-0.05, 0) is 44.2 Å². The van der Waals surface area contributed by atoms with Crippen LogP contribution in [0.5, 0.6) is 0 Å². The molecule has 0 N–H and O–H groups in total. The number of carbonyl (C=O) groups is 1. The predicted octanol–water partition coefficient (Wildman–Crippen LogP) is 2.45. The van der Waals surface area contributed by atoms with Gasteiger partial charge in [0, 0.05) is 13.6 Å². The SMILES string of the molecule is CCOC(=O)Cc1nn(CN(C)Cc2ccccc2C)c(=S)n1C. The van der Waals surface area contributed by atoms with Crippen LogP contribution in [0.2, 0.25) is 0 Å². The van der Waals surface area contributed by atoms with Crippen molar-refractivity contribution in [2.24, 2.45) is 7.05 Å². The van der Waals surface area contributed by atoms with Crippen LogP contribution in [0, 0.1) is 11.7 Å². The van der Waals surface area contributed by atoms with E-state index in [9.17, 15) is 4.79 Å². The van der Waals surface area contributed by atoms with E-state index >= 15 is 0 Å². The number of aryl methyl sites for hydroxylation is 1. The average molecular weight is 348 g/mol. The normalized spacial score (nSPS) is 11.0. The van der Waals surface area contributed by atoms with Crippen LogP contribution in [0.25, 0.3) is 0 Å². The summed E-state index contributed by atoms with van der Waals surface area (Å²) in [5.74, 6) is 0.323. The zero-order valence-electron chi connectivity index (χ0n) is 14.7. The number of rotatable bonds is 7. The summed E-state index contributed by atoms with van der Waals surface area (Å²) in [4.78, 5) is 13.8. The summed E-state index contributed by atoms with van der Waals surface area (Å²) < 4.78 is 9.06. The standard InChI is InChI=1S/C17H24N4O2S/c1-5-23-16(22)10-15-18-21(17(24)20(15)4)12-19(3)11-14-9-7-6-8-13(14)2/h6-9H,5,10-12H2,1-4H3. The molecular formula is C17H24N4O2S. The fourth-order valence-electron chi connectivity index (χ4n) is 2.48. The third-order valence-corrected chi connectivity index (χ3v) is 4.30. The Hall–Kier alpha value is -1.99. The molecule has 0 aliphatic heterocycles. The number of aromatic nitrogens is 3. The lowest BCUT2D eigenvalue weighted by atomic mass is 10.1. The Morgan fingerprint density at radius 3 is 2.75 bits per heavy atom. The zero-order chi connectivity index (χ0) is 17.7. The van der Waals surface area contributed by atoms with E-state index in [-0.39, 0.29) is 12.4 Å². The van der Waals surface area contributed by atoms with Gasteiger partial charge in [-0.2, -0.15) is 5.10 Å². The van der Waals surface area contributed by atoms with Crippen molar-refractivity contribution >= 4 is 18.2 Å². The highest BCUT2D eigenvalue weighted by Gasteiger charge is 2.14. The molecule has 0 amide bonds. The Morgan fingerprint density at radius 1 is 1.38 bits per heavy atom. The zero-order valence-corrected chi connectivity index (χ0v) is 15.5. The van der Waals surface area contributed by atoms with Gasteiger partial charge in [-0.25, -0.2) is 4.68 Å². The lowest BCUT2D eigenvalue weighted by molar-refractivity contribution is -0.142. The van der Waals surface area contributed by atoms with Gasteiger partial charge < -0.3 is 9.30 Å². The maximum absolute atomic E-state index is 11.7. The van der Waals surface area contributed by atoms with Crippen molar-refractivity contribution in [2.75, 3.05) is 13.7 Å². The number of carbonyl (C=O) groups excluding carboxylic acids is 1. The van der Waals surface area contributed by atoms with Crippen molar-refractivity contribution in [1.29, 1.82) is 0 Å². The van der Waals surface area contributed by atoms with E-state index < -0.39 is 0 Å². The second kappa shape index (κ2) is 8.21. The van der Waals surface area contributed by atoms with Crippen molar-refractivity contribution in [1.82, 2.24) is 19.2 Å². The molecule has 1 heterocycles. The van der Waals surface area contributed by atoms with Gasteiger partial charge >= 0.3 is 5.97 Å². The molecule has 0 saturated heterocycles. The van der Waals surface area contributed by atoms with Crippen LogP contribution in [0.4, 0.5) is 0 Å². The molecule has 0 aliphatic carbocycles. The molecule has 0 bridgehead atoms. The van der Waals surface area contributed by atoms with Crippen LogP contribution in [-0.2, 0) is 36.2 Å². The summed E-state index contributed by atoms with van der Waals surface area (Å²) >= 11 is 5.42. The van der Waals surface area contributed by atoms with E-state index in [1.54, 1.807) is 16.2 Å². The minimum atomic E-state index is -0.291. The summed E-state index contributed by atoms with van der Waals surface area (Å²) in [5.41, 5.74) is 2.53. The summed E-state index contributed by atoms with van der Waals surface area (Å²) in [6.45, 7) is 5.62. The van der Waals surface area contributed by atoms with Crippen molar-refractivity contribution in [3.8, 4) is 0 Å². The minimum absolute atomic E-state index is 0.127. The van der Waals surface area contributed by atoms with Gasteiger partial charge in [0.05, 0.1) is 13.3 Å². The molecule has 0 atom stereocenters. The van der Waals surface area contributed by atoms with Crippen LogP contribution in [0.15, 0.2) is 24.3 Å². The van der Waals surface area contributed by atoms with Crippen molar-refractivity contribution in [3.63, 3.8) is 0 Å². The van der Waals surface area contributed by atoms with E-state index in [2.05, 4.69) is 29.1 Å². The van der Waals surface area contributed by atoms with Gasteiger partial charge in [0.25, 0.3) is 0 Å². The Labute approximate surface area is 147 Å². The maximum Gasteiger partial charge on any atom is 0.313 e. The first-order valence-electron chi connectivity index (χ1n) is 7.93. The van der Waals surface area contributed by atoms with Crippen LogP contribution < -0.4 is 0 Å². The second-order valence-corrected chi connectivity index (χ2v) is 6.19. The lowest BCUT2D eigenvalue weighted by Gasteiger charge is -2.17. The van der Waals surface area contributed by atoms with E-state index in [0.717, 1.165) is 6.54 Å². The van der Waals surface area contributed by atoms with E-state index in [1.807, 2.05) is 26.2 Å². The molecule has 1 aromatic carbocycles. The molecule has 24 heavy (non-hydrogen) atoms. The molecule has 6 nitrogen and oxygen atoms in total. The quantitative estimate of drug-likeness (QED) is 0.568. The van der Waals surface area contributed by atoms with Gasteiger partial charge in [0.15, 0.2) is 4.77 Å². The minimum Gasteiger partial charge on any atom is -0.466 e. The first-order chi connectivity index (χ1) is 11.4. The van der Waals surface area contributed by atoms with E-state index in [0.29, 0.717) is 23.9 Å². The van der Waals surface area contributed by atoms with E-state index in [4.69, 9.17) is 17.0 Å². The molecular weight excluding hydrogens is 324 g/mol. The van der Waals surface area contributed by atoms with Crippen molar-refractivity contribution < 1.29 is 9.53 Å². The molecule has 2 aromatic rings. The molecule has 1 aromatic heterocycles. The van der Waals surface area contributed by atoms with Crippen LogP contribution >= 0.6 is 12.2 Å². The number of hydrogen-bond donors (Lipinski definition) is 0. The smallest absolute Gasteiger partial charge is 0.313 e. The topological polar surface area (TPSA) is 52.3 Å². The third kappa shape index (κ3) is 4.52. The number of esters is 1. The predicted molar refractivity (Wildman–Crippen MR) is 95.0 cm³/mol. The summed E-state index contributed by atoms with van der Waals surface area (Å²) in [6, 6.07) is 8.30. The van der Waals surface area contributed by atoms with Gasteiger partial charge in [0.2, 0.25) is 0 Å². The number of ether oxygens (including phenoxy) is 1. The summed E-state index contributed by atoms with van der Waals surface area (Å²) in [6.07, 6.45) is 0.127. The van der Waals surface area contributed by atoms with Crippen LogP contribution in [-0.4, -0.2) is 38.9 Å². The first-order valence-corrected chi connectivity index (χ1v) is 8.34. The Balaban J connectivity index is 2.08. The lowest BCUT2D eigenvalue weighted by Crippen LogP contribution is -2.23. The molecule has 0 fully saturated rings. The second-order valence-electron chi connectivity index (χ2n) is 5.82. The highest BCUT2D eigenvalue weighted by molar-refractivity contribution is 7.71. The van der Waals surface area contributed by atoms with E-state index in [1.165, 1.54) is 11.1 Å². The third-order valence-electron chi connectivity index (χ3n) is 3.82. The molecule has 0 unspecified atom stereocenters. The number of benzene rings is 1. The monoisotopic (exact) mass is 348 g/mol. The maximum atomic E-state index is 11.7. The molecule has 0 spiro atoms. The van der Waals surface area contributed by atoms with Gasteiger partial charge in [-0.1, -0.05) is 24.3 Å².